The maximum Gasteiger partial charge on any atom is 0.203 e. The van der Waals surface area contributed by atoms with Crippen LogP contribution in [0.25, 0.3) is 22.1 Å². The van der Waals surface area contributed by atoms with Crippen molar-refractivity contribution in [3.8, 4) is 11.5 Å². The Morgan fingerprint density at radius 3 is 1.66 bits per heavy atom. The molecule has 8 rings (SSSR count). The highest BCUT2D eigenvalue weighted by Gasteiger charge is 2.15. The standard InChI is InChI=1S/C26H31N5O2.C16H16N4O2.C10H15NO.CH4/c1-17-6-9-20(5-4-12-32)21(13-17)28-15-19-8-10-23-24(14-19)31(26(27)30(23)3)16-22-25(33)11-7-18(2)29-22;1-10-3-6-15(22)12(18-10)8-20-14-7-11(9-21)4-5-13(14)19(2)16(20)17;1-8-4-5-9(3-2-6-12)10(11)7-8;/h6-11,13-14,27-28,32-33H,4-5,12,15-16H2,1-3H3;3-7,9,17,22H,8H2,1-2H3;4-5,7,12H,2-3,6,11H2,1H3;1H4. The zero-order chi connectivity index (χ0) is 48.4. The molecule has 0 fully saturated rings. The highest BCUT2D eigenvalue weighted by atomic mass is 16.3. The molecular weight excluding hydrogens is 857 g/mol. The van der Waals surface area contributed by atoms with Crippen LogP contribution in [-0.4, -0.2) is 68.2 Å². The van der Waals surface area contributed by atoms with Gasteiger partial charge in [0.1, 0.15) is 29.2 Å². The van der Waals surface area contributed by atoms with E-state index in [1.807, 2.05) is 67.3 Å². The van der Waals surface area contributed by atoms with E-state index >= 15 is 0 Å². The first-order chi connectivity index (χ1) is 32.1. The lowest BCUT2D eigenvalue weighted by atomic mass is 10.0. The van der Waals surface area contributed by atoms with Crippen molar-refractivity contribution in [3.05, 3.63) is 164 Å². The molecular formula is C53H66N10O5. The van der Waals surface area contributed by atoms with Crippen LogP contribution < -0.4 is 22.3 Å². The molecule has 0 bridgehead atoms. The van der Waals surface area contributed by atoms with Gasteiger partial charge in [0.05, 0.1) is 35.2 Å². The maximum atomic E-state index is 11.0. The Bertz CT molecular complexity index is 3140. The Morgan fingerprint density at radius 1 is 0.632 bits per heavy atom. The molecule has 0 atom stereocenters. The predicted molar refractivity (Wildman–Crippen MR) is 270 cm³/mol. The minimum absolute atomic E-state index is 0. The van der Waals surface area contributed by atoms with Crippen molar-refractivity contribution in [3.63, 3.8) is 0 Å². The average Bonchev–Trinajstić information content (AvgIpc) is 3.69. The second-order valence-corrected chi connectivity index (χ2v) is 16.8. The van der Waals surface area contributed by atoms with Crippen LogP contribution in [0.4, 0.5) is 11.4 Å². The van der Waals surface area contributed by atoms with Crippen molar-refractivity contribution in [2.45, 2.75) is 80.4 Å². The molecule has 0 aliphatic rings. The van der Waals surface area contributed by atoms with Gasteiger partial charge in [-0.05, 0) is 148 Å². The number of nitrogens with one attached hydrogen (secondary N) is 3. The van der Waals surface area contributed by atoms with Gasteiger partial charge < -0.3 is 49.7 Å². The molecule has 4 heterocycles. The van der Waals surface area contributed by atoms with Gasteiger partial charge in [0.2, 0.25) is 11.2 Å². The van der Waals surface area contributed by atoms with E-state index in [0.717, 1.165) is 87.9 Å². The van der Waals surface area contributed by atoms with E-state index in [0.29, 0.717) is 35.7 Å². The molecule has 358 valence electrons. The van der Waals surface area contributed by atoms with E-state index in [-0.39, 0.29) is 44.3 Å². The van der Waals surface area contributed by atoms with E-state index in [9.17, 15) is 20.1 Å². The molecule has 15 nitrogen and oxygen atoms in total. The summed E-state index contributed by atoms with van der Waals surface area (Å²) in [5, 5.41) is 58.5. The summed E-state index contributed by atoms with van der Waals surface area (Å²) in [6, 6.07) is 30.6. The first-order valence-electron chi connectivity index (χ1n) is 22.2. The van der Waals surface area contributed by atoms with Crippen molar-refractivity contribution in [1.82, 2.24) is 28.2 Å². The van der Waals surface area contributed by atoms with Crippen LogP contribution in [0, 0.1) is 38.5 Å². The molecule has 8 aromatic rings. The number of fused-ring (bicyclic) bond motifs is 2. The number of aromatic nitrogens is 6. The van der Waals surface area contributed by atoms with Crippen molar-refractivity contribution < 1.29 is 25.2 Å². The largest absolute Gasteiger partial charge is 0.506 e. The third-order valence-corrected chi connectivity index (χ3v) is 11.7. The summed E-state index contributed by atoms with van der Waals surface area (Å²) in [7, 11) is 3.67. The summed E-state index contributed by atoms with van der Waals surface area (Å²) < 4.78 is 7.17. The van der Waals surface area contributed by atoms with E-state index in [4.69, 9.17) is 21.7 Å². The molecule has 0 saturated heterocycles. The SMILES string of the molecule is C.Cc1ccc(CCCO)c(N)c1.Cc1ccc(CCCO)c(NCc2ccc3c(c2)n(Cc2nc(C)ccc2O)c(=N)n3C)c1.Cc1ccc(O)c(Cn2c(=N)n(C)c3ccc(C=O)cc32)n1. The van der Waals surface area contributed by atoms with Gasteiger partial charge in [-0.25, -0.2) is 0 Å². The Kier molecular flexibility index (Phi) is 17.6. The quantitative estimate of drug-likeness (QED) is 0.0396. The molecule has 0 spiro atoms. The molecule has 0 saturated carbocycles. The first-order valence-corrected chi connectivity index (χ1v) is 22.2. The number of nitrogen functional groups attached to an aromatic ring is 1. The molecule has 68 heavy (non-hydrogen) atoms. The summed E-state index contributed by atoms with van der Waals surface area (Å²) in [6.45, 7) is 9.48. The van der Waals surface area contributed by atoms with Crippen LogP contribution in [0.1, 0.15) is 81.2 Å². The van der Waals surface area contributed by atoms with E-state index in [1.165, 1.54) is 16.7 Å². The van der Waals surface area contributed by atoms with Gasteiger partial charge in [-0.1, -0.05) is 37.8 Å². The van der Waals surface area contributed by atoms with Gasteiger partial charge in [-0.2, -0.15) is 0 Å². The fourth-order valence-corrected chi connectivity index (χ4v) is 7.92. The average molecular weight is 923 g/mol. The zero-order valence-electron chi connectivity index (χ0n) is 39.1. The number of pyridine rings is 2. The number of aliphatic hydroxyl groups excluding tert-OH is 2. The molecule has 0 aliphatic carbocycles. The summed E-state index contributed by atoms with van der Waals surface area (Å²) in [4.78, 5) is 19.8. The Labute approximate surface area is 397 Å². The molecule has 4 aromatic heterocycles. The topological polar surface area (TPSA) is 229 Å². The van der Waals surface area contributed by atoms with Crippen LogP contribution in [0.5, 0.6) is 11.5 Å². The normalized spacial score (nSPS) is 10.8. The van der Waals surface area contributed by atoms with E-state index in [1.54, 1.807) is 52.6 Å². The summed E-state index contributed by atoms with van der Waals surface area (Å²) in [5.74, 6) is 0.234. The molecule has 0 aliphatic heterocycles. The fourth-order valence-electron chi connectivity index (χ4n) is 7.92. The number of hydrogen-bond acceptors (Lipinski definition) is 11. The second kappa shape index (κ2) is 23.3. The number of rotatable bonds is 14. The monoisotopic (exact) mass is 923 g/mol. The van der Waals surface area contributed by atoms with Crippen LogP contribution in [0.3, 0.4) is 0 Å². The van der Waals surface area contributed by atoms with Crippen molar-refractivity contribution in [2.24, 2.45) is 14.1 Å². The fraction of sp³-hybridized carbons (Fsp3) is 0.302. The number of benzene rings is 4. The van der Waals surface area contributed by atoms with Gasteiger partial charge >= 0.3 is 0 Å². The third-order valence-electron chi connectivity index (χ3n) is 11.7. The molecule has 9 N–H and O–H groups in total. The number of aromatic hydroxyl groups is 2. The summed E-state index contributed by atoms with van der Waals surface area (Å²) >= 11 is 0. The van der Waals surface area contributed by atoms with Gasteiger partial charge in [0.15, 0.2) is 0 Å². The lowest BCUT2D eigenvalue weighted by Gasteiger charge is -2.13. The van der Waals surface area contributed by atoms with Gasteiger partial charge in [0.25, 0.3) is 0 Å². The zero-order valence-corrected chi connectivity index (χ0v) is 39.1. The highest BCUT2D eigenvalue weighted by molar-refractivity contribution is 5.85. The van der Waals surface area contributed by atoms with Crippen LogP contribution in [0.15, 0.2) is 97.1 Å². The minimum atomic E-state index is 0. The number of nitrogens with two attached hydrogens (primary N) is 1. The molecule has 0 amide bonds. The Morgan fingerprint density at radius 2 is 1.13 bits per heavy atom. The maximum absolute atomic E-state index is 11.0. The number of imidazole rings is 2. The lowest BCUT2D eigenvalue weighted by molar-refractivity contribution is 0.112. The number of nitrogens with zero attached hydrogens (tertiary/aromatic N) is 6. The number of hydrogen-bond donors (Lipinski definition) is 8. The summed E-state index contributed by atoms with van der Waals surface area (Å²) in [6.07, 6.45) is 3.99. The number of anilines is 2. The Hall–Kier alpha value is -7.49. The smallest absolute Gasteiger partial charge is 0.203 e. The van der Waals surface area contributed by atoms with Gasteiger partial charge in [-0.15, -0.1) is 0 Å². The molecule has 0 radical (unpaired) electrons. The van der Waals surface area contributed by atoms with E-state index < -0.39 is 0 Å². The van der Waals surface area contributed by atoms with Crippen LogP contribution in [0.2, 0.25) is 0 Å². The third kappa shape index (κ3) is 12.3. The number of carbonyl (C=O) groups is 1. The number of aldehydes is 1. The number of carbonyl (C=O) groups excluding carboxylic acids is 1. The second-order valence-electron chi connectivity index (χ2n) is 16.8. The highest BCUT2D eigenvalue weighted by Crippen LogP contribution is 2.24. The minimum Gasteiger partial charge on any atom is -0.506 e. The number of aliphatic hydroxyl groups is 2. The van der Waals surface area contributed by atoms with Gasteiger partial charge in [-0.3, -0.25) is 25.6 Å². The van der Waals surface area contributed by atoms with Crippen LogP contribution >= 0.6 is 0 Å². The molecule has 4 aromatic carbocycles. The summed E-state index contributed by atoms with van der Waals surface area (Å²) in [5.41, 5.74) is 20.8. The van der Waals surface area contributed by atoms with E-state index in [2.05, 4.69) is 52.5 Å². The number of aryl methyl sites for hydroxylation is 8. The van der Waals surface area contributed by atoms with Crippen molar-refractivity contribution in [2.75, 3.05) is 24.3 Å². The van der Waals surface area contributed by atoms with Gasteiger partial charge in [0, 0.05) is 62.2 Å². The lowest BCUT2D eigenvalue weighted by Crippen LogP contribution is -2.23. The predicted octanol–water partition coefficient (Wildman–Crippen LogP) is 7.63. The molecule has 0 unspecified atom stereocenters. The van der Waals surface area contributed by atoms with Crippen molar-refractivity contribution in [1.29, 1.82) is 10.8 Å². The molecule has 15 heteroatoms. The van der Waals surface area contributed by atoms with Crippen molar-refractivity contribution >= 4 is 39.7 Å². The Balaban J connectivity index is 0.000000212. The first kappa shape index (κ1) is 51.5. The van der Waals surface area contributed by atoms with Crippen LogP contribution in [-0.2, 0) is 46.6 Å².